The molecular weight excluding hydrogens is 472 g/mol. The van der Waals surface area contributed by atoms with E-state index in [2.05, 4.69) is 26.1 Å². The summed E-state index contributed by atoms with van der Waals surface area (Å²) in [5.74, 6) is -2.05. The summed E-state index contributed by atoms with van der Waals surface area (Å²) in [6.45, 7) is 3.18. The number of urea groups is 1. The second-order valence-electron chi connectivity index (χ2n) is 8.85. The molecule has 1 aromatic carbocycles. The summed E-state index contributed by atoms with van der Waals surface area (Å²) in [7, 11) is 0. The van der Waals surface area contributed by atoms with Crippen LogP contribution in [0.1, 0.15) is 38.7 Å². The molecule has 1 saturated heterocycles. The van der Waals surface area contributed by atoms with Gasteiger partial charge in [-0.25, -0.2) is 19.2 Å². The van der Waals surface area contributed by atoms with Gasteiger partial charge < -0.3 is 10.2 Å². The summed E-state index contributed by atoms with van der Waals surface area (Å²) in [5.41, 5.74) is 1.88. The number of rotatable bonds is 3. The van der Waals surface area contributed by atoms with Gasteiger partial charge >= 0.3 is 12.2 Å². The quantitative estimate of drug-likeness (QED) is 0.448. The van der Waals surface area contributed by atoms with Crippen molar-refractivity contribution in [3.8, 4) is 11.4 Å². The van der Waals surface area contributed by atoms with E-state index < -0.39 is 46.5 Å². The number of anilines is 1. The third-order valence-corrected chi connectivity index (χ3v) is 6.19. The molecule has 1 aromatic heterocycles. The Morgan fingerprint density at radius 3 is 2.43 bits per heavy atom. The van der Waals surface area contributed by atoms with Crippen LogP contribution in [-0.4, -0.2) is 44.3 Å². The lowest BCUT2D eigenvalue weighted by molar-refractivity contribution is -0.157. The number of halogens is 4. The van der Waals surface area contributed by atoms with Gasteiger partial charge in [0.05, 0.1) is 18.0 Å². The number of aromatic nitrogens is 2. The first-order valence-electron chi connectivity index (χ1n) is 10.8. The normalized spacial score (nSPS) is 23.2. The number of hydrogen-bond donors (Lipinski definition) is 3. The van der Waals surface area contributed by atoms with E-state index in [9.17, 15) is 31.9 Å². The maximum absolute atomic E-state index is 13.6. The van der Waals surface area contributed by atoms with Gasteiger partial charge in [0, 0.05) is 30.6 Å². The SMILES string of the molecule is CC(=O)NNC(=O)C12CC(C)CC(C1)N2C(=O)Nc1ccc(C(F)(F)F)c(-c2ncc(F)cn2)c1. The van der Waals surface area contributed by atoms with E-state index in [0.717, 1.165) is 30.6 Å². The Kier molecular flexibility index (Phi) is 6.11. The van der Waals surface area contributed by atoms with Crippen LogP contribution in [0.15, 0.2) is 30.6 Å². The van der Waals surface area contributed by atoms with Crippen LogP contribution >= 0.6 is 0 Å². The van der Waals surface area contributed by atoms with Crippen LogP contribution in [0.3, 0.4) is 0 Å². The molecule has 2 heterocycles. The summed E-state index contributed by atoms with van der Waals surface area (Å²) in [4.78, 5) is 45.9. The highest BCUT2D eigenvalue weighted by atomic mass is 19.4. The molecule has 2 aliphatic rings. The van der Waals surface area contributed by atoms with Crippen LogP contribution in [0.5, 0.6) is 0 Å². The molecule has 1 saturated carbocycles. The maximum Gasteiger partial charge on any atom is 0.417 e. The molecule has 0 spiro atoms. The van der Waals surface area contributed by atoms with Crippen LogP contribution < -0.4 is 16.2 Å². The average molecular weight is 494 g/mol. The Hall–Kier alpha value is -3.77. The van der Waals surface area contributed by atoms with Gasteiger partial charge in [0.2, 0.25) is 5.91 Å². The lowest BCUT2D eigenvalue weighted by Gasteiger charge is -2.61. The van der Waals surface area contributed by atoms with Gasteiger partial charge in [0.15, 0.2) is 11.6 Å². The van der Waals surface area contributed by atoms with Gasteiger partial charge in [-0.3, -0.25) is 20.4 Å². The van der Waals surface area contributed by atoms with Crippen molar-refractivity contribution < 1.29 is 31.9 Å². The number of hydrazine groups is 1. The van der Waals surface area contributed by atoms with Crippen LogP contribution in [-0.2, 0) is 15.8 Å². The van der Waals surface area contributed by atoms with Crippen molar-refractivity contribution in [3.63, 3.8) is 0 Å². The van der Waals surface area contributed by atoms with Crippen molar-refractivity contribution in [2.24, 2.45) is 5.92 Å². The standard InChI is InChI=1S/C22H22F4N6O3/c1-11-5-15-8-21(7-11,19(34)31-30-12(2)33)32(15)20(35)29-14-3-4-17(22(24,25)26)16(6-14)18-27-9-13(23)10-28-18/h3-4,6,9-11,15H,5,7-8H2,1-2H3,(H,29,35)(H,30,33)(H,31,34). The number of carbonyl (C=O) groups is 3. The molecule has 4 rings (SSSR count). The number of alkyl halides is 3. The van der Waals surface area contributed by atoms with Crippen molar-refractivity contribution in [2.45, 2.75) is 50.9 Å². The zero-order chi connectivity index (χ0) is 25.5. The van der Waals surface area contributed by atoms with E-state index in [1.165, 1.54) is 11.8 Å². The molecule has 9 nitrogen and oxygen atoms in total. The highest BCUT2D eigenvalue weighted by Gasteiger charge is 2.62. The third kappa shape index (κ3) is 4.62. The van der Waals surface area contributed by atoms with Crippen LogP contribution in [0.4, 0.5) is 28.0 Å². The number of nitrogens with zero attached hydrogens (tertiary/aromatic N) is 3. The van der Waals surface area contributed by atoms with E-state index in [0.29, 0.717) is 19.3 Å². The number of nitrogens with one attached hydrogen (secondary N) is 3. The molecule has 3 N–H and O–H groups in total. The van der Waals surface area contributed by atoms with E-state index in [1.54, 1.807) is 0 Å². The summed E-state index contributed by atoms with van der Waals surface area (Å²) in [6.07, 6.45) is -1.83. The minimum Gasteiger partial charge on any atom is -0.308 e. The minimum atomic E-state index is -4.74. The number of likely N-dealkylation sites (tertiary alicyclic amines) is 1. The fraction of sp³-hybridized carbons (Fsp3) is 0.409. The van der Waals surface area contributed by atoms with Gasteiger partial charge in [0.1, 0.15) is 5.54 Å². The minimum absolute atomic E-state index is 0.0152. The molecule has 4 amide bonds. The molecule has 186 valence electrons. The first kappa shape index (κ1) is 24.4. The highest BCUT2D eigenvalue weighted by Crippen LogP contribution is 2.50. The lowest BCUT2D eigenvalue weighted by Crippen LogP contribution is -2.77. The molecule has 2 bridgehead atoms. The van der Waals surface area contributed by atoms with Gasteiger partial charge in [0.25, 0.3) is 5.91 Å². The molecule has 13 heteroatoms. The van der Waals surface area contributed by atoms with Crippen molar-refractivity contribution in [2.75, 3.05) is 5.32 Å². The van der Waals surface area contributed by atoms with Gasteiger partial charge in [-0.05, 0) is 37.0 Å². The Bertz CT molecular complexity index is 1170. The maximum atomic E-state index is 13.6. The zero-order valence-corrected chi connectivity index (χ0v) is 18.7. The molecule has 1 aliphatic carbocycles. The smallest absolute Gasteiger partial charge is 0.308 e. The molecular formula is C22H22F4N6O3. The topological polar surface area (TPSA) is 116 Å². The second-order valence-corrected chi connectivity index (χ2v) is 8.85. The van der Waals surface area contributed by atoms with E-state index in [4.69, 9.17) is 0 Å². The Morgan fingerprint density at radius 1 is 1.11 bits per heavy atom. The zero-order valence-electron chi connectivity index (χ0n) is 18.7. The molecule has 3 unspecified atom stereocenters. The Labute approximate surface area is 197 Å². The summed E-state index contributed by atoms with van der Waals surface area (Å²) in [5, 5.41) is 2.55. The average Bonchev–Trinajstić information content (AvgIpc) is 2.76. The van der Waals surface area contributed by atoms with Crippen molar-refractivity contribution in [1.82, 2.24) is 25.7 Å². The molecule has 0 radical (unpaired) electrons. The molecule has 3 atom stereocenters. The first-order valence-corrected chi connectivity index (χ1v) is 10.8. The second kappa shape index (κ2) is 8.78. The highest BCUT2D eigenvalue weighted by molar-refractivity contribution is 5.99. The van der Waals surface area contributed by atoms with Gasteiger partial charge in [-0.2, -0.15) is 13.2 Å². The van der Waals surface area contributed by atoms with Crippen LogP contribution in [0.25, 0.3) is 11.4 Å². The Balaban J connectivity index is 1.61. The number of piperidine rings is 1. The lowest BCUT2D eigenvalue weighted by atomic mass is 9.64. The summed E-state index contributed by atoms with van der Waals surface area (Å²) in [6, 6.07) is 2.00. The van der Waals surface area contributed by atoms with E-state index in [1.807, 2.05) is 6.92 Å². The van der Waals surface area contributed by atoms with E-state index in [-0.39, 0.29) is 23.5 Å². The fourth-order valence-corrected chi connectivity index (χ4v) is 4.92. The largest absolute Gasteiger partial charge is 0.417 e. The van der Waals surface area contributed by atoms with Crippen LogP contribution in [0.2, 0.25) is 0 Å². The fourth-order valence-electron chi connectivity index (χ4n) is 4.92. The number of benzene rings is 1. The van der Waals surface area contributed by atoms with Crippen molar-refractivity contribution >= 4 is 23.5 Å². The van der Waals surface area contributed by atoms with Gasteiger partial charge in [-0.1, -0.05) is 6.92 Å². The molecule has 2 fully saturated rings. The predicted octanol–water partition coefficient (Wildman–Crippen LogP) is 3.24. The third-order valence-electron chi connectivity index (χ3n) is 6.19. The number of amides is 4. The van der Waals surface area contributed by atoms with Crippen LogP contribution in [0, 0.1) is 11.7 Å². The Morgan fingerprint density at radius 2 is 1.80 bits per heavy atom. The predicted molar refractivity (Wildman–Crippen MR) is 115 cm³/mol. The molecule has 35 heavy (non-hydrogen) atoms. The first-order chi connectivity index (χ1) is 16.4. The number of hydrogen-bond acceptors (Lipinski definition) is 5. The monoisotopic (exact) mass is 494 g/mol. The van der Waals surface area contributed by atoms with Crippen molar-refractivity contribution in [3.05, 3.63) is 42.0 Å². The summed E-state index contributed by atoms with van der Waals surface area (Å²) >= 11 is 0. The van der Waals surface area contributed by atoms with E-state index >= 15 is 0 Å². The number of carbonyl (C=O) groups excluding carboxylic acids is 3. The van der Waals surface area contributed by atoms with Gasteiger partial charge in [-0.15, -0.1) is 0 Å². The summed E-state index contributed by atoms with van der Waals surface area (Å²) < 4.78 is 53.9. The molecule has 1 aliphatic heterocycles. The van der Waals surface area contributed by atoms with Crippen molar-refractivity contribution in [1.29, 1.82) is 0 Å². The number of fused-ring (bicyclic) bond motifs is 2. The molecule has 2 aromatic rings.